The fourth-order valence-corrected chi connectivity index (χ4v) is 2.30. The number of benzene rings is 1. The molecule has 3 N–H and O–H groups in total. The Hall–Kier alpha value is -2.67. The van der Waals surface area contributed by atoms with Crippen LogP contribution in [0.3, 0.4) is 0 Å². The molecule has 0 saturated carbocycles. The largest absolute Gasteiger partial charge is 0.465 e. The molecule has 0 saturated heterocycles. The van der Waals surface area contributed by atoms with Gasteiger partial charge in [-0.3, -0.25) is 0 Å². The van der Waals surface area contributed by atoms with Gasteiger partial charge in [0.1, 0.15) is 5.56 Å². The van der Waals surface area contributed by atoms with Crippen LogP contribution in [0.1, 0.15) is 34.6 Å². The highest BCUT2D eigenvalue weighted by Gasteiger charge is 2.21. The van der Waals surface area contributed by atoms with Crippen molar-refractivity contribution in [3.8, 4) is 0 Å². The Morgan fingerprint density at radius 2 is 2.08 bits per heavy atom. The molecular weight excluding hydrogens is 312 g/mol. The van der Waals surface area contributed by atoms with Gasteiger partial charge in [-0.05, 0) is 26.0 Å². The van der Waals surface area contributed by atoms with E-state index in [1.807, 2.05) is 0 Å². The number of carbonyl (C=O) groups is 2. The van der Waals surface area contributed by atoms with Crippen LogP contribution in [0.15, 0.2) is 24.4 Å². The summed E-state index contributed by atoms with van der Waals surface area (Å²) in [6.45, 7) is 3.85. The van der Waals surface area contributed by atoms with Crippen molar-refractivity contribution in [1.82, 2.24) is 0 Å². The first kappa shape index (κ1) is 17.7. The molecule has 0 spiro atoms. The first-order valence-electron chi connectivity index (χ1n) is 7.63. The van der Waals surface area contributed by atoms with Crippen molar-refractivity contribution in [2.24, 2.45) is 0 Å². The van der Waals surface area contributed by atoms with Gasteiger partial charge in [0.25, 0.3) is 0 Å². The molecule has 1 aromatic carbocycles. The highest BCUT2D eigenvalue weighted by molar-refractivity contribution is 6.05. The van der Waals surface area contributed by atoms with Crippen molar-refractivity contribution in [2.75, 3.05) is 25.6 Å². The van der Waals surface area contributed by atoms with E-state index in [0.717, 1.165) is 5.52 Å². The summed E-state index contributed by atoms with van der Waals surface area (Å²) in [5.41, 5.74) is 1.88. The van der Waals surface area contributed by atoms with Gasteiger partial charge in [0.2, 0.25) is 5.52 Å². The normalized spacial score (nSPS) is 11.8. The molecule has 0 aliphatic carbocycles. The van der Waals surface area contributed by atoms with Crippen molar-refractivity contribution in [3.05, 3.63) is 35.5 Å². The van der Waals surface area contributed by atoms with Crippen LogP contribution in [0.5, 0.6) is 0 Å². The molecule has 0 aliphatic heterocycles. The number of carbonyl (C=O) groups excluding carboxylic acids is 2. The lowest BCUT2D eigenvalue weighted by Gasteiger charge is -2.13. The van der Waals surface area contributed by atoms with Crippen LogP contribution in [-0.4, -0.2) is 43.4 Å². The minimum atomic E-state index is -0.608. The summed E-state index contributed by atoms with van der Waals surface area (Å²) in [5, 5.41) is 13.2. The van der Waals surface area contributed by atoms with Gasteiger partial charge in [-0.25, -0.2) is 14.6 Å². The third kappa shape index (κ3) is 3.80. The van der Waals surface area contributed by atoms with Gasteiger partial charge in [0.15, 0.2) is 6.20 Å². The van der Waals surface area contributed by atoms with Crippen molar-refractivity contribution < 1.29 is 29.2 Å². The lowest BCUT2D eigenvalue weighted by Crippen LogP contribution is -2.21. The topological polar surface area (TPSA) is 99.0 Å². The van der Waals surface area contributed by atoms with Gasteiger partial charge < -0.3 is 19.9 Å². The Labute approximate surface area is 139 Å². The standard InChI is InChI=1S/C17H20N2O5/c1-4-24-17(22)13-9-18-14-6-5-11(16(21)23-3)7-12(14)15(13)19-8-10(2)20/h5-7,9-10,20H,4,8H2,1-3H3,(H,18,19)/p+1/t10-/m1/s1. The maximum Gasteiger partial charge on any atom is 0.346 e. The molecule has 24 heavy (non-hydrogen) atoms. The van der Waals surface area contributed by atoms with E-state index in [0.29, 0.717) is 22.2 Å². The first-order chi connectivity index (χ1) is 11.5. The smallest absolute Gasteiger partial charge is 0.346 e. The highest BCUT2D eigenvalue weighted by Crippen LogP contribution is 2.26. The molecular formula is C17H21N2O5+. The van der Waals surface area contributed by atoms with E-state index in [2.05, 4.69) is 10.3 Å². The van der Waals surface area contributed by atoms with E-state index in [4.69, 9.17) is 9.47 Å². The molecule has 1 atom stereocenters. The molecule has 0 radical (unpaired) electrons. The van der Waals surface area contributed by atoms with Crippen LogP contribution < -0.4 is 10.3 Å². The third-order valence-corrected chi connectivity index (χ3v) is 3.42. The van der Waals surface area contributed by atoms with Crippen LogP contribution in [0, 0.1) is 0 Å². The number of aromatic nitrogens is 1. The average Bonchev–Trinajstić information content (AvgIpc) is 2.58. The molecule has 0 amide bonds. The van der Waals surface area contributed by atoms with Gasteiger partial charge in [0.05, 0.1) is 36.5 Å². The molecule has 1 heterocycles. The van der Waals surface area contributed by atoms with Crippen LogP contribution in [0.2, 0.25) is 0 Å². The van der Waals surface area contributed by atoms with Gasteiger partial charge in [-0.2, -0.15) is 0 Å². The van der Waals surface area contributed by atoms with Gasteiger partial charge in [0, 0.05) is 12.6 Å². The number of aliphatic hydroxyl groups is 1. The predicted molar refractivity (Wildman–Crippen MR) is 88.0 cm³/mol. The highest BCUT2D eigenvalue weighted by atomic mass is 16.5. The predicted octanol–water partition coefficient (Wildman–Crippen LogP) is 1.41. The zero-order valence-electron chi connectivity index (χ0n) is 13.9. The molecule has 0 bridgehead atoms. The van der Waals surface area contributed by atoms with E-state index in [1.54, 1.807) is 38.2 Å². The number of ether oxygens (including phenoxy) is 2. The number of fused-ring (bicyclic) bond motifs is 1. The summed E-state index contributed by atoms with van der Waals surface area (Å²) in [7, 11) is 1.31. The molecule has 7 heteroatoms. The quantitative estimate of drug-likeness (QED) is 0.776. The Morgan fingerprint density at radius 1 is 1.33 bits per heavy atom. The number of nitrogens with one attached hydrogen (secondary N) is 2. The summed E-state index contributed by atoms with van der Waals surface area (Å²) in [6, 6.07) is 4.99. The molecule has 0 fully saturated rings. The van der Waals surface area contributed by atoms with Crippen molar-refractivity contribution in [2.45, 2.75) is 20.0 Å². The van der Waals surface area contributed by atoms with Crippen LogP contribution in [0.25, 0.3) is 10.9 Å². The summed E-state index contributed by atoms with van der Waals surface area (Å²) in [6.07, 6.45) is 0.936. The van der Waals surface area contributed by atoms with E-state index in [1.165, 1.54) is 7.11 Å². The third-order valence-electron chi connectivity index (χ3n) is 3.42. The number of anilines is 1. The summed E-state index contributed by atoms with van der Waals surface area (Å²) in [4.78, 5) is 27.0. The molecule has 7 nitrogen and oxygen atoms in total. The van der Waals surface area contributed by atoms with Crippen LogP contribution >= 0.6 is 0 Å². The van der Waals surface area contributed by atoms with E-state index < -0.39 is 18.0 Å². The fraction of sp³-hybridized carbons (Fsp3) is 0.353. The minimum absolute atomic E-state index is 0.244. The molecule has 0 aliphatic rings. The van der Waals surface area contributed by atoms with Crippen molar-refractivity contribution >= 4 is 28.5 Å². The maximum absolute atomic E-state index is 12.2. The van der Waals surface area contributed by atoms with Crippen molar-refractivity contribution in [1.29, 1.82) is 0 Å². The molecule has 0 unspecified atom stereocenters. The van der Waals surface area contributed by atoms with E-state index in [-0.39, 0.29) is 13.2 Å². The molecule has 2 rings (SSSR count). The zero-order valence-corrected chi connectivity index (χ0v) is 13.9. The van der Waals surface area contributed by atoms with Crippen molar-refractivity contribution in [3.63, 3.8) is 0 Å². The summed E-state index contributed by atoms with van der Waals surface area (Å²) < 4.78 is 9.81. The second-order valence-corrected chi connectivity index (χ2v) is 5.28. The fourth-order valence-electron chi connectivity index (χ4n) is 2.30. The Morgan fingerprint density at radius 3 is 2.71 bits per heavy atom. The van der Waals surface area contributed by atoms with Gasteiger partial charge in [-0.1, -0.05) is 0 Å². The summed E-state index contributed by atoms with van der Waals surface area (Å²) >= 11 is 0. The average molecular weight is 333 g/mol. The van der Waals surface area contributed by atoms with Gasteiger partial charge in [-0.15, -0.1) is 0 Å². The first-order valence-corrected chi connectivity index (χ1v) is 7.63. The minimum Gasteiger partial charge on any atom is -0.465 e. The zero-order chi connectivity index (χ0) is 17.7. The molecule has 1 aromatic heterocycles. The Balaban J connectivity index is 2.61. The van der Waals surface area contributed by atoms with Gasteiger partial charge >= 0.3 is 11.9 Å². The maximum atomic E-state index is 12.2. The SMILES string of the molecule is CCOC(=O)c1c[nH+]c2ccc(C(=O)OC)cc2c1NC[C@@H](C)O. The Bertz CT molecular complexity index is 758. The number of hydrogen-bond donors (Lipinski definition) is 2. The number of rotatable bonds is 6. The number of aromatic amines is 1. The summed E-state index contributed by atoms with van der Waals surface area (Å²) in [5.74, 6) is -0.966. The Kier molecular flexibility index (Phi) is 5.70. The van der Waals surface area contributed by atoms with Crippen LogP contribution in [-0.2, 0) is 9.47 Å². The number of aliphatic hydroxyl groups excluding tert-OH is 1. The number of pyridine rings is 1. The van der Waals surface area contributed by atoms with E-state index >= 15 is 0 Å². The number of hydrogen-bond acceptors (Lipinski definition) is 6. The second-order valence-electron chi connectivity index (χ2n) is 5.28. The monoisotopic (exact) mass is 333 g/mol. The van der Waals surface area contributed by atoms with Crippen LogP contribution in [0.4, 0.5) is 5.69 Å². The number of esters is 2. The molecule has 2 aromatic rings. The number of methoxy groups -OCH3 is 1. The lowest BCUT2D eigenvalue weighted by molar-refractivity contribution is -0.344. The van der Waals surface area contributed by atoms with E-state index in [9.17, 15) is 14.7 Å². The number of H-pyrrole nitrogens is 1. The second kappa shape index (κ2) is 7.74. The lowest BCUT2D eigenvalue weighted by atomic mass is 10.1. The molecule has 128 valence electrons.